The molecule has 1 aromatic carbocycles. The summed E-state index contributed by atoms with van der Waals surface area (Å²) in [7, 11) is 1.36. The van der Waals surface area contributed by atoms with Crippen LogP contribution in [0, 0.1) is 12.8 Å². The molecule has 3 rings (SSSR count). The first-order valence-electron chi connectivity index (χ1n) is 8.96. The fourth-order valence-electron chi connectivity index (χ4n) is 3.30. The van der Waals surface area contributed by atoms with Gasteiger partial charge in [-0.2, -0.15) is 0 Å². The van der Waals surface area contributed by atoms with Crippen LogP contribution in [0.15, 0.2) is 28.9 Å². The van der Waals surface area contributed by atoms with E-state index in [1.807, 2.05) is 25.1 Å². The molecule has 1 fully saturated rings. The molecule has 1 aromatic heterocycles. The van der Waals surface area contributed by atoms with Gasteiger partial charge in [-0.05, 0) is 31.4 Å². The molecule has 1 aliphatic heterocycles. The Morgan fingerprint density at radius 2 is 1.96 bits per heavy atom. The second-order valence-corrected chi connectivity index (χ2v) is 6.78. The monoisotopic (exact) mass is 373 g/mol. The van der Waals surface area contributed by atoms with E-state index >= 15 is 0 Å². The SMILES string of the molecule is COC(=O)C1CCN(C(=O)COC(=O)Cc2coc3cc(C)ccc23)CC1. The maximum atomic E-state index is 12.2. The van der Waals surface area contributed by atoms with Gasteiger partial charge in [-0.15, -0.1) is 0 Å². The van der Waals surface area contributed by atoms with Crippen LogP contribution in [0.1, 0.15) is 24.0 Å². The maximum absolute atomic E-state index is 12.2. The van der Waals surface area contributed by atoms with Crippen molar-refractivity contribution >= 4 is 28.8 Å². The molecule has 27 heavy (non-hydrogen) atoms. The Labute approximate surface area is 157 Å². The van der Waals surface area contributed by atoms with Crippen LogP contribution in [-0.2, 0) is 30.3 Å². The van der Waals surface area contributed by atoms with Gasteiger partial charge in [-0.1, -0.05) is 12.1 Å². The molecule has 0 aliphatic carbocycles. The second-order valence-electron chi connectivity index (χ2n) is 6.78. The number of rotatable bonds is 5. The molecule has 1 amide bonds. The number of piperidine rings is 1. The van der Waals surface area contributed by atoms with Gasteiger partial charge in [-0.25, -0.2) is 0 Å². The molecule has 0 bridgehead atoms. The van der Waals surface area contributed by atoms with Gasteiger partial charge in [0.2, 0.25) is 0 Å². The molecular formula is C20H23NO6. The molecule has 0 N–H and O–H groups in total. The second kappa shape index (κ2) is 8.24. The van der Waals surface area contributed by atoms with E-state index in [0.29, 0.717) is 25.9 Å². The van der Waals surface area contributed by atoms with Crippen LogP contribution in [0.25, 0.3) is 11.0 Å². The molecule has 0 spiro atoms. The van der Waals surface area contributed by atoms with Crippen LogP contribution in [-0.4, -0.2) is 49.6 Å². The van der Waals surface area contributed by atoms with E-state index in [9.17, 15) is 14.4 Å². The van der Waals surface area contributed by atoms with Crippen LogP contribution in [0.5, 0.6) is 0 Å². The maximum Gasteiger partial charge on any atom is 0.310 e. The summed E-state index contributed by atoms with van der Waals surface area (Å²) in [4.78, 5) is 37.4. The Morgan fingerprint density at radius 1 is 1.22 bits per heavy atom. The van der Waals surface area contributed by atoms with E-state index in [-0.39, 0.29) is 30.8 Å². The highest BCUT2D eigenvalue weighted by Crippen LogP contribution is 2.23. The number of methoxy groups -OCH3 is 1. The van der Waals surface area contributed by atoms with Crippen LogP contribution in [0.3, 0.4) is 0 Å². The Kier molecular flexibility index (Phi) is 5.78. The number of carbonyl (C=O) groups excluding carboxylic acids is 3. The number of aryl methyl sites for hydroxylation is 1. The smallest absolute Gasteiger partial charge is 0.310 e. The van der Waals surface area contributed by atoms with Gasteiger partial charge in [0, 0.05) is 24.0 Å². The van der Waals surface area contributed by atoms with E-state index in [4.69, 9.17) is 13.9 Å². The van der Waals surface area contributed by atoms with Crippen molar-refractivity contribution in [3.8, 4) is 0 Å². The normalized spacial score (nSPS) is 15.0. The van der Waals surface area contributed by atoms with Crippen LogP contribution in [0.2, 0.25) is 0 Å². The molecule has 1 aliphatic rings. The highest BCUT2D eigenvalue weighted by molar-refractivity contribution is 5.87. The highest BCUT2D eigenvalue weighted by atomic mass is 16.5. The van der Waals surface area contributed by atoms with Gasteiger partial charge in [0.1, 0.15) is 5.58 Å². The van der Waals surface area contributed by atoms with Crippen molar-refractivity contribution < 1.29 is 28.3 Å². The van der Waals surface area contributed by atoms with Crippen LogP contribution in [0.4, 0.5) is 0 Å². The molecule has 1 saturated heterocycles. The molecule has 0 radical (unpaired) electrons. The minimum atomic E-state index is -0.476. The fourth-order valence-corrected chi connectivity index (χ4v) is 3.30. The minimum Gasteiger partial charge on any atom is -0.469 e. The number of esters is 2. The third-order valence-corrected chi connectivity index (χ3v) is 4.88. The number of nitrogens with zero attached hydrogens (tertiary/aromatic N) is 1. The number of furan rings is 1. The lowest BCUT2D eigenvalue weighted by molar-refractivity contribution is -0.153. The summed E-state index contributed by atoms with van der Waals surface area (Å²) in [5.41, 5.74) is 2.54. The molecule has 0 unspecified atom stereocenters. The number of hydrogen-bond acceptors (Lipinski definition) is 6. The lowest BCUT2D eigenvalue weighted by Gasteiger charge is -2.30. The minimum absolute atomic E-state index is 0.0494. The Morgan fingerprint density at radius 3 is 2.67 bits per heavy atom. The van der Waals surface area contributed by atoms with E-state index < -0.39 is 5.97 Å². The topological polar surface area (TPSA) is 86.0 Å². The van der Waals surface area contributed by atoms with Crippen LogP contribution >= 0.6 is 0 Å². The summed E-state index contributed by atoms with van der Waals surface area (Å²) < 4.78 is 15.3. The van der Waals surface area contributed by atoms with Crippen molar-refractivity contribution in [2.45, 2.75) is 26.2 Å². The Bertz CT molecular complexity index is 847. The first kappa shape index (κ1) is 18.9. The standard InChI is InChI=1S/C20H23NO6/c1-13-3-4-16-15(11-26-17(16)9-13)10-19(23)27-12-18(22)21-7-5-14(6-8-21)20(24)25-2/h3-4,9,11,14H,5-8,10,12H2,1-2H3. The third-order valence-electron chi connectivity index (χ3n) is 4.88. The molecule has 7 nitrogen and oxygen atoms in total. The first-order chi connectivity index (χ1) is 13.0. The van der Waals surface area contributed by atoms with Crippen molar-refractivity contribution in [2.24, 2.45) is 5.92 Å². The van der Waals surface area contributed by atoms with Gasteiger partial charge < -0.3 is 18.8 Å². The molecule has 0 saturated carbocycles. The summed E-state index contributed by atoms with van der Waals surface area (Å²) in [6, 6.07) is 5.77. The van der Waals surface area contributed by atoms with Crippen molar-refractivity contribution in [3.63, 3.8) is 0 Å². The summed E-state index contributed by atoms with van der Waals surface area (Å²) in [6.07, 6.45) is 2.72. The molecule has 0 atom stereocenters. The summed E-state index contributed by atoms with van der Waals surface area (Å²) in [5.74, 6) is -1.13. The number of benzene rings is 1. The van der Waals surface area contributed by atoms with E-state index in [1.54, 1.807) is 11.2 Å². The lowest BCUT2D eigenvalue weighted by atomic mass is 9.97. The van der Waals surface area contributed by atoms with Crippen molar-refractivity contribution in [3.05, 3.63) is 35.6 Å². The zero-order valence-electron chi connectivity index (χ0n) is 15.5. The van der Waals surface area contributed by atoms with Gasteiger partial charge in [0.25, 0.3) is 5.91 Å². The van der Waals surface area contributed by atoms with E-state index in [2.05, 4.69) is 0 Å². The Balaban J connectivity index is 1.47. The number of hydrogen-bond donors (Lipinski definition) is 0. The number of amides is 1. The van der Waals surface area contributed by atoms with Crippen molar-refractivity contribution in [1.82, 2.24) is 4.90 Å². The van der Waals surface area contributed by atoms with E-state index in [1.165, 1.54) is 7.11 Å². The predicted molar refractivity (Wildman–Crippen MR) is 96.9 cm³/mol. The number of carbonyl (C=O) groups is 3. The zero-order chi connectivity index (χ0) is 19.4. The van der Waals surface area contributed by atoms with Gasteiger partial charge >= 0.3 is 11.9 Å². The largest absolute Gasteiger partial charge is 0.469 e. The molecule has 2 aromatic rings. The number of fused-ring (bicyclic) bond motifs is 1. The summed E-state index contributed by atoms with van der Waals surface area (Å²) in [5, 5.41) is 0.869. The first-order valence-corrected chi connectivity index (χ1v) is 8.96. The van der Waals surface area contributed by atoms with Crippen LogP contribution < -0.4 is 0 Å². The van der Waals surface area contributed by atoms with E-state index in [0.717, 1.165) is 22.1 Å². The molecule has 2 heterocycles. The number of likely N-dealkylation sites (tertiary alicyclic amines) is 1. The average Bonchev–Trinajstić information content (AvgIpc) is 3.07. The molecule has 7 heteroatoms. The predicted octanol–water partition coefficient (Wildman–Crippen LogP) is 2.24. The fraction of sp³-hybridized carbons (Fsp3) is 0.450. The van der Waals surface area contributed by atoms with Gasteiger partial charge in [-0.3, -0.25) is 14.4 Å². The lowest BCUT2D eigenvalue weighted by Crippen LogP contribution is -2.42. The third kappa shape index (κ3) is 4.48. The van der Waals surface area contributed by atoms with Crippen molar-refractivity contribution in [2.75, 3.05) is 26.8 Å². The average molecular weight is 373 g/mol. The molecular weight excluding hydrogens is 350 g/mol. The Hall–Kier alpha value is -2.83. The highest BCUT2D eigenvalue weighted by Gasteiger charge is 2.28. The quantitative estimate of drug-likeness (QED) is 0.747. The zero-order valence-corrected chi connectivity index (χ0v) is 15.5. The number of ether oxygens (including phenoxy) is 2. The molecule has 144 valence electrons. The van der Waals surface area contributed by atoms with Gasteiger partial charge in [0.05, 0.1) is 25.7 Å². The van der Waals surface area contributed by atoms with Crippen molar-refractivity contribution in [1.29, 1.82) is 0 Å². The summed E-state index contributed by atoms with van der Waals surface area (Å²) in [6.45, 7) is 2.59. The van der Waals surface area contributed by atoms with Gasteiger partial charge in [0.15, 0.2) is 6.61 Å². The summed E-state index contributed by atoms with van der Waals surface area (Å²) >= 11 is 0.